The molecule has 2 heterocycles. The van der Waals surface area contributed by atoms with Crippen LogP contribution in [0.15, 0.2) is 54.6 Å². The second-order valence-corrected chi connectivity index (χ2v) is 8.30. The lowest BCUT2D eigenvalue weighted by atomic mass is 10.0. The van der Waals surface area contributed by atoms with E-state index in [2.05, 4.69) is 11.4 Å². The van der Waals surface area contributed by atoms with Crippen LogP contribution in [0, 0.1) is 31.0 Å². The van der Waals surface area contributed by atoms with Crippen LogP contribution >= 0.6 is 0 Å². The first kappa shape index (κ1) is 22.3. The Morgan fingerprint density at radius 1 is 1.03 bits per heavy atom. The highest BCUT2D eigenvalue weighted by Crippen LogP contribution is 2.24. The van der Waals surface area contributed by atoms with Crippen LogP contribution in [0.2, 0.25) is 0 Å². The molecule has 4 rings (SSSR count). The Balaban J connectivity index is 1.42. The molecule has 0 bridgehead atoms. The average Bonchev–Trinajstić information content (AvgIpc) is 3.13. The predicted molar refractivity (Wildman–Crippen MR) is 123 cm³/mol. The number of carbonyl (C=O) groups is 2. The van der Waals surface area contributed by atoms with Gasteiger partial charge in [0, 0.05) is 36.2 Å². The summed E-state index contributed by atoms with van der Waals surface area (Å²) < 4.78 is 15.9. The van der Waals surface area contributed by atoms with Gasteiger partial charge in [-0.2, -0.15) is 5.26 Å². The van der Waals surface area contributed by atoms with Gasteiger partial charge in [-0.05, 0) is 69.2 Å². The van der Waals surface area contributed by atoms with E-state index in [0.717, 1.165) is 17.1 Å². The SMILES string of the molecule is Cc1cc(C(=O)N2CCC(NC(=O)c3ccccc3F)CC2)c(C)n1-c1ccc(C#N)cc1. The monoisotopic (exact) mass is 444 g/mol. The van der Waals surface area contributed by atoms with Crippen LogP contribution in [-0.4, -0.2) is 40.4 Å². The molecule has 168 valence electrons. The van der Waals surface area contributed by atoms with E-state index in [1.165, 1.54) is 12.1 Å². The van der Waals surface area contributed by atoms with Crippen molar-refractivity contribution in [3.05, 3.63) is 88.5 Å². The van der Waals surface area contributed by atoms with Crippen molar-refractivity contribution in [2.24, 2.45) is 0 Å². The summed E-state index contributed by atoms with van der Waals surface area (Å²) in [6, 6.07) is 17.1. The molecule has 1 N–H and O–H groups in total. The van der Waals surface area contributed by atoms with Crippen LogP contribution in [-0.2, 0) is 0 Å². The van der Waals surface area contributed by atoms with Gasteiger partial charge in [-0.3, -0.25) is 9.59 Å². The summed E-state index contributed by atoms with van der Waals surface area (Å²) in [6.45, 7) is 4.90. The van der Waals surface area contributed by atoms with E-state index in [4.69, 9.17) is 5.26 Å². The summed E-state index contributed by atoms with van der Waals surface area (Å²) in [5, 5.41) is 11.9. The number of aromatic nitrogens is 1. The molecule has 2 amide bonds. The van der Waals surface area contributed by atoms with Crippen LogP contribution in [0.4, 0.5) is 4.39 Å². The molecule has 0 radical (unpaired) electrons. The number of hydrogen-bond donors (Lipinski definition) is 1. The van der Waals surface area contributed by atoms with Gasteiger partial charge in [0.15, 0.2) is 0 Å². The minimum Gasteiger partial charge on any atom is -0.349 e. The zero-order chi connectivity index (χ0) is 23.5. The molecule has 3 aromatic rings. The summed E-state index contributed by atoms with van der Waals surface area (Å²) in [6.07, 6.45) is 1.22. The number of aryl methyl sites for hydroxylation is 1. The molecule has 1 aliphatic rings. The molecule has 0 unspecified atom stereocenters. The quantitative estimate of drug-likeness (QED) is 0.657. The standard InChI is InChI=1S/C26H25FN4O2/c1-17-15-23(18(2)31(17)21-9-7-19(16-28)8-10-21)26(33)30-13-11-20(12-14-30)29-25(32)22-5-3-4-6-24(22)27/h3-10,15,20H,11-14H2,1-2H3,(H,29,32). The van der Waals surface area contributed by atoms with Crippen LogP contribution in [0.3, 0.4) is 0 Å². The summed E-state index contributed by atoms with van der Waals surface area (Å²) >= 11 is 0. The molecule has 0 atom stereocenters. The number of nitrogens with one attached hydrogen (secondary N) is 1. The first-order valence-corrected chi connectivity index (χ1v) is 10.9. The van der Waals surface area contributed by atoms with Gasteiger partial charge < -0.3 is 14.8 Å². The van der Waals surface area contributed by atoms with E-state index in [9.17, 15) is 14.0 Å². The fraction of sp³-hybridized carbons (Fsp3) is 0.269. The van der Waals surface area contributed by atoms with Crippen molar-refractivity contribution in [1.29, 1.82) is 5.26 Å². The van der Waals surface area contributed by atoms with Gasteiger partial charge in [0.05, 0.1) is 22.8 Å². The third-order valence-electron chi connectivity index (χ3n) is 6.15. The molecule has 1 saturated heterocycles. The van der Waals surface area contributed by atoms with Crippen molar-refractivity contribution in [3.63, 3.8) is 0 Å². The minimum absolute atomic E-state index is 0.0336. The number of rotatable bonds is 4. The Hall–Kier alpha value is -3.92. The topological polar surface area (TPSA) is 78.1 Å². The molecular formula is C26H25FN4O2. The second-order valence-electron chi connectivity index (χ2n) is 8.30. The summed E-state index contributed by atoms with van der Waals surface area (Å²) in [5.41, 5.74) is 3.95. The number of benzene rings is 2. The first-order chi connectivity index (χ1) is 15.9. The number of nitrogens with zero attached hydrogens (tertiary/aromatic N) is 3. The lowest BCUT2D eigenvalue weighted by molar-refractivity contribution is 0.0697. The van der Waals surface area contributed by atoms with E-state index in [0.29, 0.717) is 37.1 Å². The largest absolute Gasteiger partial charge is 0.349 e. The van der Waals surface area contributed by atoms with Gasteiger partial charge in [-0.25, -0.2) is 4.39 Å². The number of hydrogen-bond acceptors (Lipinski definition) is 3. The van der Waals surface area contributed by atoms with Crippen LogP contribution in [0.5, 0.6) is 0 Å². The van der Waals surface area contributed by atoms with Crippen LogP contribution in [0.25, 0.3) is 5.69 Å². The van der Waals surface area contributed by atoms with Gasteiger partial charge in [0.2, 0.25) is 0 Å². The summed E-state index contributed by atoms with van der Waals surface area (Å²) in [4.78, 5) is 27.4. The zero-order valence-electron chi connectivity index (χ0n) is 18.6. The Morgan fingerprint density at radius 3 is 2.33 bits per heavy atom. The third-order valence-corrected chi connectivity index (χ3v) is 6.15. The van der Waals surface area contributed by atoms with Crippen LogP contribution in [0.1, 0.15) is 50.5 Å². The van der Waals surface area contributed by atoms with Crippen molar-refractivity contribution >= 4 is 11.8 Å². The van der Waals surface area contributed by atoms with Crippen molar-refractivity contribution < 1.29 is 14.0 Å². The van der Waals surface area contributed by atoms with E-state index >= 15 is 0 Å². The Bertz CT molecular complexity index is 1230. The molecule has 6 nitrogen and oxygen atoms in total. The number of likely N-dealkylation sites (tertiary alicyclic amines) is 1. The maximum atomic E-state index is 13.9. The summed E-state index contributed by atoms with van der Waals surface area (Å²) in [5.74, 6) is -1.01. The molecule has 0 aliphatic carbocycles. The van der Waals surface area contributed by atoms with Gasteiger partial charge in [0.25, 0.3) is 11.8 Å². The van der Waals surface area contributed by atoms with E-state index in [1.807, 2.05) is 36.6 Å². The maximum absolute atomic E-state index is 13.9. The van der Waals surface area contributed by atoms with Crippen molar-refractivity contribution in [1.82, 2.24) is 14.8 Å². The van der Waals surface area contributed by atoms with Crippen molar-refractivity contribution in [2.75, 3.05) is 13.1 Å². The molecule has 0 spiro atoms. The number of nitriles is 1. The van der Waals surface area contributed by atoms with Gasteiger partial charge >= 0.3 is 0 Å². The zero-order valence-corrected chi connectivity index (χ0v) is 18.6. The molecule has 1 aliphatic heterocycles. The lowest BCUT2D eigenvalue weighted by Crippen LogP contribution is -2.46. The highest BCUT2D eigenvalue weighted by atomic mass is 19.1. The van der Waals surface area contributed by atoms with Crippen LogP contribution < -0.4 is 5.32 Å². The molecule has 7 heteroatoms. The first-order valence-electron chi connectivity index (χ1n) is 10.9. The van der Waals surface area contributed by atoms with E-state index in [-0.39, 0.29) is 17.5 Å². The average molecular weight is 445 g/mol. The van der Waals surface area contributed by atoms with E-state index in [1.54, 1.807) is 29.2 Å². The Morgan fingerprint density at radius 2 is 1.70 bits per heavy atom. The fourth-order valence-corrected chi connectivity index (χ4v) is 4.37. The normalized spacial score (nSPS) is 14.1. The highest BCUT2D eigenvalue weighted by molar-refractivity contribution is 5.96. The molecular weight excluding hydrogens is 419 g/mol. The van der Waals surface area contributed by atoms with Gasteiger partial charge in [-0.15, -0.1) is 0 Å². The molecule has 0 saturated carbocycles. The third kappa shape index (κ3) is 4.51. The maximum Gasteiger partial charge on any atom is 0.255 e. The molecule has 1 aromatic heterocycles. The second kappa shape index (κ2) is 9.29. The lowest BCUT2D eigenvalue weighted by Gasteiger charge is -2.32. The minimum atomic E-state index is -0.541. The Labute approximate surface area is 192 Å². The smallest absolute Gasteiger partial charge is 0.255 e. The van der Waals surface area contributed by atoms with E-state index < -0.39 is 11.7 Å². The van der Waals surface area contributed by atoms with Crippen molar-refractivity contribution in [2.45, 2.75) is 32.7 Å². The van der Waals surface area contributed by atoms with Gasteiger partial charge in [0.1, 0.15) is 5.82 Å². The summed E-state index contributed by atoms with van der Waals surface area (Å²) in [7, 11) is 0. The molecule has 2 aromatic carbocycles. The molecule has 33 heavy (non-hydrogen) atoms. The highest BCUT2D eigenvalue weighted by Gasteiger charge is 2.27. The van der Waals surface area contributed by atoms with Crippen molar-refractivity contribution in [3.8, 4) is 11.8 Å². The number of carbonyl (C=O) groups excluding carboxylic acids is 2. The number of amides is 2. The Kier molecular flexibility index (Phi) is 6.27. The fourth-order valence-electron chi connectivity index (χ4n) is 4.37. The predicted octanol–water partition coefficient (Wildman–Crippen LogP) is 4.14. The number of halogens is 1. The molecule has 1 fully saturated rings. The number of piperidine rings is 1. The van der Waals surface area contributed by atoms with Gasteiger partial charge in [-0.1, -0.05) is 12.1 Å².